The van der Waals surface area contributed by atoms with Crippen LogP contribution in [0.25, 0.3) is 0 Å². The molecule has 0 spiro atoms. The Labute approximate surface area is 101 Å². The van der Waals surface area contributed by atoms with Crippen LogP contribution in [0.3, 0.4) is 0 Å². The second-order valence-corrected chi connectivity index (χ2v) is 4.90. The monoisotopic (exact) mass is 243 g/mol. The molecule has 3 heteroatoms. The summed E-state index contributed by atoms with van der Waals surface area (Å²) in [6.07, 6.45) is 3.87. The molecule has 1 saturated heterocycles. The van der Waals surface area contributed by atoms with Crippen LogP contribution in [-0.4, -0.2) is 13.1 Å². The Morgan fingerprint density at radius 1 is 1.00 bits per heavy atom. The Kier molecular flexibility index (Phi) is 3.42. The standard InChI is InChI=1S/C12H15Cl2N/c1-9-11(13)7-10(8-12(9)14)15-5-3-2-4-6-15/h7-8H,2-6H2,1H3. The Morgan fingerprint density at radius 2 is 1.53 bits per heavy atom. The summed E-state index contributed by atoms with van der Waals surface area (Å²) in [5.41, 5.74) is 2.13. The van der Waals surface area contributed by atoms with Crippen LogP contribution in [0, 0.1) is 6.92 Å². The summed E-state index contributed by atoms with van der Waals surface area (Å²) in [5, 5.41) is 1.53. The highest BCUT2D eigenvalue weighted by atomic mass is 35.5. The molecule has 0 unspecified atom stereocenters. The third-order valence-electron chi connectivity index (χ3n) is 2.99. The van der Waals surface area contributed by atoms with Crippen molar-refractivity contribution in [1.29, 1.82) is 0 Å². The number of hydrogen-bond donors (Lipinski definition) is 0. The number of hydrogen-bond acceptors (Lipinski definition) is 1. The average Bonchev–Trinajstić information content (AvgIpc) is 2.26. The van der Waals surface area contributed by atoms with Crippen LogP contribution < -0.4 is 4.90 Å². The van der Waals surface area contributed by atoms with Crippen molar-refractivity contribution in [3.63, 3.8) is 0 Å². The predicted molar refractivity (Wildman–Crippen MR) is 67.3 cm³/mol. The van der Waals surface area contributed by atoms with Gasteiger partial charge in [0.25, 0.3) is 0 Å². The summed E-state index contributed by atoms with van der Waals surface area (Å²) >= 11 is 12.3. The summed E-state index contributed by atoms with van der Waals surface area (Å²) in [4.78, 5) is 2.36. The van der Waals surface area contributed by atoms with Crippen LogP contribution in [0.5, 0.6) is 0 Å². The van der Waals surface area contributed by atoms with Crippen LogP contribution >= 0.6 is 23.2 Å². The molecule has 0 aromatic heterocycles. The molecule has 2 rings (SSSR count). The molecule has 15 heavy (non-hydrogen) atoms. The van der Waals surface area contributed by atoms with E-state index in [1.165, 1.54) is 19.3 Å². The Balaban J connectivity index is 2.27. The second-order valence-electron chi connectivity index (χ2n) is 4.08. The van der Waals surface area contributed by atoms with Crippen molar-refractivity contribution in [2.45, 2.75) is 26.2 Å². The lowest BCUT2D eigenvalue weighted by molar-refractivity contribution is 0.578. The molecule has 0 saturated carbocycles. The van der Waals surface area contributed by atoms with Gasteiger partial charge in [-0.2, -0.15) is 0 Å². The highest BCUT2D eigenvalue weighted by Crippen LogP contribution is 2.31. The molecule has 1 aliphatic heterocycles. The van der Waals surface area contributed by atoms with E-state index in [1.807, 2.05) is 19.1 Å². The van der Waals surface area contributed by atoms with Gasteiger partial charge in [0.05, 0.1) is 0 Å². The number of nitrogens with zero attached hydrogens (tertiary/aromatic N) is 1. The quantitative estimate of drug-likeness (QED) is 0.712. The van der Waals surface area contributed by atoms with Gasteiger partial charge in [-0.25, -0.2) is 0 Å². The lowest BCUT2D eigenvalue weighted by atomic mass is 10.1. The lowest BCUT2D eigenvalue weighted by Crippen LogP contribution is -2.29. The molecule has 1 aromatic rings. The topological polar surface area (TPSA) is 3.24 Å². The zero-order chi connectivity index (χ0) is 10.8. The lowest BCUT2D eigenvalue weighted by Gasteiger charge is -2.29. The molecule has 82 valence electrons. The third-order valence-corrected chi connectivity index (χ3v) is 3.77. The number of rotatable bonds is 1. The van der Waals surface area contributed by atoms with Crippen molar-refractivity contribution >= 4 is 28.9 Å². The highest BCUT2D eigenvalue weighted by Gasteiger charge is 2.13. The number of anilines is 1. The van der Waals surface area contributed by atoms with Gasteiger partial charge >= 0.3 is 0 Å². The third kappa shape index (κ3) is 2.40. The minimum Gasteiger partial charge on any atom is -0.371 e. The number of halogens is 2. The first kappa shape index (κ1) is 11.1. The number of piperidine rings is 1. The molecule has 0 N–H and O–H groups in total. The van der Waals surface area contributed by atoms with Gasteiger partial charge in [-0.1, -0.05) is 23.2 Å². The zero-order valence-corrected chi connectivity index (χ0v) is 10.4. The summed E-state index contributed by atoms with van der Waals surface area (Å²) in [7, 11) is 0. The van der Waals surface area contributed by atoms with Crippen molar-refractivity contribution in [3.05, 3.63) is 27.7 Å². The van der Waals surface area contributed by atoms with E-state index in [0.717, 1.165) is 34.4 Å². The minimum absolute atomic E-state index is 0.767. The molecule has 0 radical (unpaired) electrons. The normalized spacial score (nSPS) is 16.9. The Hall–Kier alpha value is -0.400. The van der Waals surface area contributed by atoms with Crippen molar-refractivity contribution in [2.75, 3.05) is 18.0 Å². The van der Waals surface area contributed by atoms with Crippen molar-refractivity contribution in [2.24, 2.45) is 0 Å². The summed E-state index contributed by atoms with van der Waals surface area (Å²) in [6, 6.07) is 4.04. The summed E-state index contributed by atoms with van der Waals surface area (Å²) in [6.45, 7) is 4.19. The van der Waals surface area contributed by atoms with E-state index >= 15 is 0 Å². The van der Waals surface area contributed by atoms with E-state index in [0.29, 0.717) is 0 Å². The SMILES string of the molecule is Cc1c(Cl)cc(N2CCCCC2)cc1Cl. The molecule has 0 bridgehead atoms. The summed E-state index contributed by atoms with van der Waals surface area (Å²) in [5.74, 6) is 0. The smallest absolute Gasteiger partial charge is 0.0470 e. The second kappa shape index (κ2) is 4.63. The van der Waals surface area contributed by atoms with Crippen LogP contribution in [0.1, 0.15) is 24.8 Å². The first-order chi connectivity index (χ1) is 7.18. The van der Waals surface area contributed by atoms with Crippen LogP contribution in [0.2, 0.25) is 10.0 Å². The first-order valence-electron chi connectivity index (χ1n) is 5.39. The molecule has 1 fully saturated rings. The maximum absolute atomic E-state index is 6.13. The van der Waals surface area contributed by atoms with E-state index in [1.54, 1.807) is 0 Å². The zero-order valence-electron chi connectivity index (χ0n) is 8.89. The van der Waals surface area contributed by atoms with Gasteiger partial charge in [0.1, 0.15) is 0 Å². The van der Waals surface area contributed by atoms with Gasteiger partial charge < -0.3 is 4.90 Å². The molecule has 0 atom stereocenters. The molecular weight excluding hydrogens is 229 g/mol. The molecule has 1 heterocycles. The minimum atomic E-state index is 0.767. The Morgan fingerprint density at radius 3 is 2.07 bits per heavy atom. The van der Waals surface area contributed by atoms with E-state index < -0.39 is 0 Å². The molecular formula is C12H15Cl2N. The van der Waals surface area contributed by atoms with E-state index in [4.69, 9.17) is 23.2 Å². The maximum atomic E-state index is 6.13. The van der Waals surface area contributed by atoms with Crippen LogP contribution in [-0.2, 0) is 0 Å². The molecule has 0 aliphatic carbocycles. The van der Waals surface area contributed by atoms with Gasteiger partial charge in [-0.15, -0.1) is 0 Å². The first-order valence-corrected chi connectivity index (χ1v) is 6.14. The maximum Gasteiger partial charge on any atom is 0.0470 e. The fourth-order valence-electron chi connectivity index (χ4n) is 1.97. The van der Waals surface area contributed by atoms with Crippen molar-refractivity contribution in [3.8, 4) is 0 Å². The van der Waals surface area contributed by atoms with Gasteiger partial charge in [0.15, 0.2) is 0 Å². The van der Waals surface area contributed by atoms with Crippen molar-refractivity contribution in [1.82, 2.24) is 0 Å². The molecule has 1 aliphatic rings. The Bertz CT molecular complexity index is 334. The van der Waals surface area contributed by atoms with Crippen molar-refractivity contribution < 1.29 is 0 Å². The van der Waals surface area contributed by atoms with Crippen LogP contribution in [0.4, 0.5) is 5.69 Å². The number of benzene rings is 1. The molecule has 0 amide bonds. The van der Waals surface area contributed by atoms with E-state index in [-0.39, 0.29) is 0 Å². The summed E-state index contributed by atoms with van der Waals surface area (Å²) < 4.78 is 0. The average molecular weight is 244 g/mol. The molecule has 1 aromatic carbocycles. The highest BCUT2D eigenvalue weighted by molar-refractivity contribution is 6.36. The van der Waals surface area contributed by atoms with Gasteiger partial charge in [0, 0.05) is 28.8 Å². The largest absolute Gasteiger partial charge is 0.371 e. The van der Waals surface area contributed by atoms with Gasteiger partial charge in [0.2, 0.25) is 0 Å². The fourth-order valence-corrected chi connectivity index (χ4v) is 2.44. The van der Waals surface area contributed by atoms with E-state index in [9.17, 15) is 0 Å². The van der Waals surface area contributed by atoms with Gasteiger partial charge in [-0.05, 0) is 43.9 Å². The van der Waals surface area contributed by atoms with Gasteiger partial charge in [-0.3, -0.25) is 0 Å². The van der Waals surface area contributed by atoms with Crippen LogP contribution in [0.15, 0.2) is 12.1 Å². The predicted octanol–water partition coefficient (Wildman–Crippen LogP) is 4.29. The fraction of sp³-hybridized carbons (Fsp3) is 0.500. The van der Waals surface area contributed by atoms with E-state index in [2.05, 4.69) is 4.90 Å². The molecule has 1 nitrogen and oxygen atoms in total.